The normalized spacial score (nSPS) is 25.0. The lowest BCUT2D eigenvalue weighted by Gasteiger charge is -2.34. The number of hydrogen-bond donors (Lipinski definition) is 1. The largest absolute Gasteiger partial charge is 0.393 e. The smallest absolute Gasteiger partial charge is 0.263 e. The van der Waals surface area contributed by atoms with Crippen LogP contribution in [0.3, 0.4) is 0 Å². The molecule has 0 radical (unpaired) electrons. The van der Waals surface area contributed by atoms with Crippen molar-refractivity contribution in [2.24, 2.45) is 5.92 Å². The summed E-state index contributed by atoms with van der Waals surface area (Å²) < 4.78 is 0. The maximum atomic E-state index is 12.2. The van der Waals surface area contributed by atoms with Crippen molar-refractivity contribution in [3.63, 3.8) is 0 Å². The number of hydrogen-bond acceptors (Lipinski definition) is 3. The summed E-state index contributed by atoms with van der Waals surface area (Å²) in [6, 6.07) is 3.95. The standard InChI is InChI=1S/C13H19NO2S/c1-3-10-4-5-12(17-10)13(16)14-7-6-11(15)9(2)8-14/h4-5,9,11,15H,3,6-8H2,1-2H3. The molecule has 1 aliphatic heterocycles. The first kappa shape index (κ1) is 12.6. The third-order valence-electron chi connectivity index (χ3n) is 3.37. The fourth-order valence-electron chi connectivity index (χ4n) is 2.16. The summed E-state index contributed by atoms with van der Waals surface area (Å²) in [7, 11) is 0. The predicted molar refractivity (Wildman–Crippen MR) is 69.4 cm³/mol. The van der Waals surface area contributed by atoms with Gasteiger partial charge in [-0.15, -0.1) is 11.3 Å². The molecule has 0 aliphatic carbocycles. The van der Waals surface area contributed by atoms with E-state index in [1.165, 1.54) is 4.88 Å². The zero-order chi connectivity index (χ0) is 12.4. The van der Waals surface area contributed by atoms with Crippen molar-refractivity contribution < 1.29 is 9.90 Å². The minimum Gasteiger partial charge on any atom is -0.393 e. The van der Waals surface area contributed by atoms with Gasteiger partial charge in [-0.2, -0.15) is 0 Å². The molecule has 2 heterocycles. The third-order valence-corrected chi connectivity index (χ3v) is 4.59. The van der Waals surface area contributed by atoms with E-state index in [1.54, 1.807) is 11.3 Å². The molecule has 1 N–H and O–H groups in total. The second-order valence-electron chi connectivity index (χ2n) is 4.70. The first-order chi connectivity index (χ1) is 8.11. The van der Waals surface area contributed by atoms with E-state index >= 15 is 0 Å². The molecule has 2 atom stereocenters. The van der Waals surface area contributed by atoms with Crippen molar-refractivity contribution in [3.05, 3.63) is 21.9 Å². The van der Waals surface area contributed by atoms with Gasteiger partial charge in [0.15, 0.2) is 0 Å². The van der Waals surface area contributed by atoms with Crippen LogP contribution in [0.25, 0.3) is 0 Å². The van der Waals surface area contributed by atoms with E-state index in [9.17, 15) is 9.90 Å². The van der Waals surface area contributed by atoms with Crippen molar-refractivity contribution in [2.75, 3.05) is 13.1 Å². The maximum Gasteiger partial charge on any atom is 0.263 e. The van der Waals surface area contributed by atoms with Gasteiger partial charge < -0.3 is 10.0 Å². The first-order valence-electron chi connectivity index (χ1n) is 6.18. The van der Waals surface area contributed by atoms with Gasteiger partial charge in [0.2, 0.25) is 0 Å². The highest BCUT2D eigenvalue weighted by molar-refractivity contribution is 7.14. The van der Waals surface area contributed by atoms with Crippen molar-refractivity contribution in [3.8, 4) is 0 Å². The van der Waals surface area contributed by atoms with Gasteiger partial charge in [0.05, 0.1) is 11.0 Å². The molecule has 1 aliphatic rings. The van der Waals surface area contributed by atoms with Crippen molar-refractivity contribution >= 4 is 17.2 Å². The van der Waals surface area contributed by atoms with Gasteiger partial charge >= 0.3 is 0 Å². The Morgan fingerprint density at radius 3 is 2.94 bits per heavy atom. The molecule has 94 valence electrons. The molecule has 0 bridgehead atoms. The van der Waals surface area contributed by atoms with Crippen LogP contribution in [0.4, 0.5) is 0 Å². The molecular weight excluding hydrogens is 234 g/mol. The number of aliphatic hydroxyl groups excluding tert-OH is 1. The summed E-state index contributed by atoms with van der Waals surface area (Å²) in [5, 5.41) is 9.65. The Hall–Kier alpha value is -0.870. The highest BCUT2D eigenvalue weighted by Gasteiger charge is 2.28. The molecular formula is C13H19NO2S. The fourth-order valence-corrected chi connectivity index (χ4v) is 3.07. The van der Waals surface area contributed by atoms with Crippen LogP contribution >= 0.6 is 11.3 Å². The van der Waals surface area contributed by atoms with Gasteiger partial charge in [0.1, 0.15) is 0 Å². The van der Waals surface area contributed by atoms with Gasteiger partial charge in [-0.25, -0.2) is 0 Å². The van der Waals surface area contributed by atoms with Crippen LogP contribution in [0.2, 0.25) is 0 Å². The number of piperidine rings is 1. The van der Waals surface area contributed by atoms with Crippen LogP contribution in [0, 0.1) is 5.92 Å². The third kappa shape index (κ3) is 2.69. The van der Waals surface area contributed by atoms with Crippen molar-refractivity contribution in [1.29, 1.82) is 0 Å². The van der Waals surface area contributed by atoms with Crippen molar-refractivity contribution in [2.45, 2.75) is 32.8 Å². The number of carbonyl (C=O) groups excluding carboxylic acids is 1. The average molecular weight is 253 g/mol. The van der Waals surface area contributed by atoms with E-state index < -0.39 is 0 Å². The summed E-state index contributed by atoms with van der Waals surface area (Å²) in [5.74, 6) is 0.298. The van der Waals surface area contributed by atoms with Crippen LogP contribution in [-0.4, -0.2) is 35.1 Å². The summed E-state index contributed by atoms with van der Waals surface area (Å²) >= 11 is 1.58. The predicted octanol–water partition coefficient (Wildman–Crippen LogP) is 2.15. The Kier molecular flexibility index (Phi) is 3.84. The van der Waals surface area contributed by atoms with E-state index in [0.29, 0.717) is 19.5 Å². The number of rotatable bonds is 2. The highest BCUT2D eigenvalue weighted by atomic mass is 32.1. The number of likely N-dealkylation sites (tertiary alicyclic amines) is 1. The highest BCUT2D eigenvalue weighted by Crippen LogP contribution is 2.22. The minimum absolute atomic E-state index is 0.119. The monoisotopic (exact) mass is 253 g/mol. The quantitative estimate of drug-likeness (QED) is 0.877. The van der Waals surface area contributed by atoms with Gasteiger partial charge in [0, 0.05) is 18.0 Å². The number of aryl methyl sites for hydroxylation is 1. The van der Waals surface area contributed by atoms with E-state index in [0.717, 1.165) is 11.3 Å². The lowest BCUT2D eigenvalue weighted by molar-refractivity contribution is 0.0300. The minimum atomic E-state index is -0.256. The molecule has 0 saturated carbocycles. The molecule has 1 saturated heterocycles. The Labute approximate surface area is 106 Å². The van der Waals surface area contributed by atoms with E-state index in [1.807, 2.05) is 24.0 Å². The summed E-state index contributed by atoms with van der Waals surface area (Å²) in [6.45, 7) is 5.43. The SMILES string of the molecule is CCc1ccc(C(=O)N2CCC(O)C(C)C2)s1. The maximum absolute atomic E-state index is 12.2. The molecule has 0 aromatic carbocycles. The van der Waals surface area contributed by atoms with Crippen LogP contribution in [-0.2, 0) is 6.42 Å². The average Bonchev–Trinajstić information content (AvgIpc) is 2.80. The lowest BCUT2D eigenvalue weighted by Crippen LogP contribution is -2.44. The Morgan fingerprint density at radius 1 is 1.59 bits per heavy atom. The van der Waals surface area contributed by atoms with Crippen molar-refractivity contribution in [1.82, 2.24) is 4.90 Å². The number of thiophene rings is 1. The Bertz CT molecular complexity index is 402. The second kappa shape index (κ2) is 5.19. The molecule has 1 aromatic rings. The summed E-state index contributed by atoms with van der Waals surface area (Å²) in [5.41, 5.74) is 0. The van der Waals surface area contributed by atoms with Crippen LogP contribution in [0.5, 0.6) is 0 Å². The number of nitrogens with zero attached hydrogens (tertiary/aromatic N) is 1. The Balaban J connectivity index is 2.05. The van der Waals surface area contributed by atoms with E-state index in [2.05, 4.69) is 6.92 Å². The van der Waals surface area contributed by atoms with Crippen LogP contribution < -0.4 is 0 Å². The number of aliphatic hydroxyl groups is 1. The molecule has 17 heavy (non-hydrogen) atoms. The van der Waals surface area contributed by atoms with Gasteiger partial charge in [-0.3, -0.25) is 4.79 Å². The lowest BCUT2D eigenvalue weighted by atomic mass is 9.97. The molecule has 1 aromatic heterocycles. The number of amides is 1. The zero-order valence-electron chi connectivity index (χ0n) is 10.3. The van der Waals surface area contributed by atoms with E-state index in [4.69, 9.17) is 0 Å². The van der Waals surface area contributed by atoms with Gasteiger partial charge in [0.25, 0.3) is 5.91 Å². The molecule has 0 spiro atoms. The summed E-state index contributed by atoms with van der Waals surface area (Å²) in [4.78, 5) is 16.2. The van der Waals surface area contributed by atoms with Crippen LogP contribution in [0.1, 0.15) is 34.8 Å². The van der Waals surface area contributed by atoms with E-state index in [-0.39, 0.29) is 17.9 Å². The van der Waals surface area contributed by atoms with Crippen LogP contribution in [0.15, 0.2) is 12.1 Å². The number of carbonyl (C=O) groups is 1. The second-order valence-corrected chi connectivity index (χ2v) is 5.87. The molecule has 2 rings (SSSR count). The first-order valence-corrected chi connectivity index (χ1v) is 6.99. The molecule has 1 amide bonds. The molecule has 3 nitrogen and oxygen atoms in total. The molecule has 2 unspecified atom stereocenters. The fraction of sp³-hybridized carbons (Fsp3) is 0.615. The Morgan fingerprint density at radius 2 is 2.35 bits per heavy atom. The van der Waals surface area contributed by atoms with Gasteiger partial charge in [-0.1, -0.05) is 13.8 Å². The topological polar surface area (TPSA) is 40.5 Å². The van der Waals surface area contributed by atoms with Gasteiger partial charge in [-0.05, 0) is 30.9 Å². The summed E-state index contributed by atoms with van der Waals surface area (Å²) in [6.07, 6.45) is 1.42. The molecule has 4 heteroatoms. The molecule has 1 fully saturated rings. The zero-order valence-corrected chi connectivity index (χ0v) is 11.2.